The van der Waals surface area contributed by atoms with Crippen molar-refractivity contribution in [1.82, 2.24) is 4.31 Å². The quantitative estimate of drug-likeness (QED) is 0.745. The van der Waals surface area contributed by atoms with Gasteiger partial charge >= 0.3 is 5.97 Å². The highest BCUT2D eigenvalue weighted by Crippen LogP contribution is 2.26. The molecule has 1 heterocycles. The van der Waals surface area contributed by atoms with E-state index in [2.05, 4.69) is 0 Å². The number of piperidine rings is 1. The summed E-state index contributed by atoms with van der Waals surface area (Å²) < 4.78 is 44.8. The molecular formula is C18H22FNO5S. The molecule has 1 aliphatic heterocycles. The Bertz CT molecular complexity index is 769. The fourth-order valence-electron chi connectivity index (χ4n) is 3.40. The maximum atomic E-state index is 13.0. The third-order valence-corrected chi connectivity index (χ3v) is 6.91. The summed E-state index contributed by atoms with van der Waals surface area (Å²) in [4.78, 5) is 24.1. The number of hydrogen-bond acceptors (Lipinski definition) is 5. The van der Waals surface area contributed by atoms with E-state index in [0.717, 1.165) is 25.0 Å². The molecule has 1 atom stereocenters. The molecule has 0 amide bonds. The minimum Gasteiger partial charge on any atom is -0.454 e. The van der Waals surface area contributed by atoms with Gasteiger partial charge in [-0.3, -0.25) is 9.59 Å². The summed E-state index contributed by atoms with van der Waals surface area (Å²) in [6.07, 6.45) is 2.79. The highest BCUT2D eigenvalue weighted by Gasteiger charge is 2.35. The first-order valence-electron chi connectivity index (χ1n) is 8.87. The number of sulfonamides is 1. The minimum atomic E-state index is -3.70. The molecule has 8 heteroatoms. The number of ether oxygens (including phenoxy) is 1. The second-order valence-electron chi connectivity index (χ2n) is 6.77. The number of Topliss-reactive ketones (excluding diaryl/α,β-unsaturated/α-hetero) is 1. The number of rotatable bonds is 4. The van der Waals surface area contributed by atoms with Crippen LogP contribution < -0.4 is 0 Å². The normalized spacial score (nSPS) is 23.0. The lowest BCUT2D eigenvalue weighted by Crippen LogP contribution is -2.41. The molecule has 1 saturated heterocycles. The summed E-state index contributed by atoms with van der Waals surface area (Å²) in [5.41, 5.74) is 0. The van der Waals surface area contributed by atoms with Crippen molar-refractivity contribution in [3.8, 4) is 0 Å². The van der Waals surface area contributed by atoms with E-state index in [4.69, 9.17) is 4.74 Å². The van der Waals surface area contributed by atoms with Crippen molar-refractivity contribution >= 4 is 21.8 Å². The van der Waals surface area contributed by atoms with E-state index in [1.54, 1.807) is 0 Å². The zero-order chi connectivity index (χ0) is 18.7. The van der Waals surface area contributed by atoms with Crippen LogP contribution in [0.25, 0.3) is 0 Å². The average Bonchev–Trinajstić information content (AvgIpc) is 2.64. The molecule has 0 N–H and O–H groups in total. The molecular weight excluding hydrogens is 361 g/mol. The molecule has 2 aliphatic rings. The Morgan fingerprint density at radius 3 is 2.35 bits per heavy atom. The Kier molecular flexibility index (Phi) is 5.72. The molecule has 0 spiro atoms. The van der Waals surface area contributed by atoms with Gasteiger partial charge in [0.15, 0.2) is 11.9 Å². The molecule has 26 heavy (non-hydrogen) atoms. The highest BCUT2D eigenvalue weighted by atomic mass is 32.2. The summed E-state index contributed by atoms with van der Waals surface area (Å²) in [5.74, 6) is -1.34. The molecule has 1 saturated carbocycles. The van der Waals surface area contributed by atoms with E-state index in [-0.39, 0.29) is 23.8 Å². The number of carbonyl (C=O) groups excluding carboxylic acids is 2. The fraction of sp³-hybridized carbons (Fsp3) is 0.556. The molecule has 3 rings (SSSR count). The van der Waals surface area contributed by atoms with Gasteiger partial charge in [-0.15, -0.1) is 0 Å². The molecule has 142 valence electrons. The van der Waals surface area contributed by atoms with Crippen LogP contribution in [0, 0.1) is 11.7 Å². The predicted molar refractivity (Wildman–Crippen MR) is 91.2 cm³/mol. The number of esters is 1. The van der Waals surface area contributed by atoms with Crippen LogP contribution in [-0.2, 0) is 24.3 Å². The van der Waals surface area contributed by atoms with E-state index in [1.165, 1.54) is 16.4 Å². The molecule has 1 unspecified atom stereocenters. The Morgan fingerprint density at radius 1 is 1.08 bits per heavy atom. The van der Waals surface area contributed by atoms with Gasteiger partial charge in [0.25, 0.3) is 0 Å². The van der Waals surface area contributed by atoms with E-state index >= 15 is 0 Å². The summed E-state index contributed by atoms with van der Waals surface area (Å²) in [6.45, 7) is 0.385. The first-order chi connectivity index (χ1) is 12.4. The van der Waals surface area contributed by atoms with Gasteiger partial charge in [-0.25, -0.2) is 12.8 Å². The van der Waals surface area contributed by atoms with E-state index in [9.17, 15) is 22.4 Å². The Labute approximate surface area is 152 Å². The van der Waals surface area contributed by atoms with E-state index in [0.29, 0.717) is 25.7 Å². The number of ketones is 1. The summed E-state index contributed by atoms with van der Waals surface area (Å²) >= 11 is 0. The van der Waals surface area contributed by atoms with Gasteiger partial charge in [0.2, 0.25) is 10.0 Å². The summed E-state index contributed by atoms with van der Waals surface area (Å²) in [5, 5.41) is 0. The molecule has 6 nitrogen and oxygen atoms in total. The zero-order valence-electron chi connectivity index (χ0n) is 14.4. The van der Waals surface area contributed by atoms with Crippen LogP contribution in [0.2, 0.25) is 0 Å². The van der Waals surface area contributed by atoms with Crippen LogP contribution in [0.3, 0.4) is 0 Å². The molecule has 1 aromatic rings. The van der Waals surface area contributed by atoms with Crippen molar-refractivity contribution < 1.29 is 27.1 Å². The fourth-order valence-corrected chi connectivity index (χ4v) is 4.87. The predicted octanol–water partition coefficient (Wildman–Crippen LogP) is 2.28. The van der Waals surface area contributed by atoms with Crippen LogP contribution in [0.4, 0.5) is 4.39 Å². The van der Waals surface area contributed by atoms with Crippen molar-refractivity contribution in [3.63, 3.8) is 0 Å². The highest BCUT2D eigenvalue weighted by molar-refractivity contribution is 7.89. The van der Waals surface area contributed by atoms with Crippen molar-refractivity contribution in [2.45, 2.75) is 49.5 Å². The minimum absolute atomic E-state index is 0.0269. The van der Waals surface area contributed by atoms with Gasteiger partial charge in [0.1, 0.15) is 5.82 Å². The summed E-state index contributed by atoms with van der Waals surface area (Å²) in [7, 11) is -3.70. The van der Waals surface area contributed by atoms with Crippen molar-refractivity contribution in [2.75, 3.05) is 13.1 Å². The molecule has 1 aromatic carbocycles. The molecule has 0 aromatic heterocycles. The van der Waals surface area contributed by atoms with Gasteiger partial charge in [0.05, 0.1) is 10.8 Å². The lowest BCUT2D eigenvalue weighted by atomic mass is 9.95. The van der Waals surface area contributed by atoms with E-state index in [1.807, 2.05) is 0 Å². The number of benzene rings is 1. The van der Waals surface area contributed by atoms with Crippen molar-refractivity contribution in [2.24, 2.45) is 5.92 Å². The second-order valence-corrected chi connectivity index (χ2v) is 8.71. The number of nitrogens with zero attached hydrogens (tertiary/aromatic N) is 1. The summed E-state index contributed by atoms with van der Waals surface area (Å²) in [6, 6.07) is 4.69. The Balaban J connectivity index is 1.57. The first kappa shape index (κ1) is 19.0. The van der Waals surface area contributed by atoms with Crippen molar-refractivity contribution in [1.29, 1.82) is 0 Å². The largest absolute Gasteiger partial charge is 0.454 e. The van der Waals surface area contributed by atoms with Gasteiger partial charge in [-0.2, -0.15) is 4.31 Å². The monoisotopic (exact) mass is 383 g/mol. The Morgan fingerprint density at radius 2 is 1.73 bits per heavy atom. The standard InChI is InChI=1S/C18H22FNO5S/c19-14-5-7-15(8-6-14)26(23,24)20-11-9-13(10-12-20)18(22)25-17-4-2-1-3-16(17)21/h5-8,13,17H,1-4,9-12H2. The maximum Gasteiger partial charge on any atom is 0.309 e. The van der Waals surface area contributed by atoms with Crippen LogP contribution in [0.1, 0.15) is 38.5 Å². The van der Waals surface area contributed by atoms with Crippen LogP contribution in [0.5, 0.6) is 0 Å². The third-order valence-electron chi connectivity index (χ3n) is 5.00. The van der Waals surface area contributed by atoms with Crippen LogP contribution in [0.15, 0.2) is 29.2 Å². The molecule has 0 radical (unpaired) electrons. The van der Waals surface area contributed by atoms with Gasteiger partial charge in [-0.1, -0.05) is 0 Å². The molecule has 2 fully saturated rings. The smallest absolute Gasteiger partial charge is 0.309 e. The van der Waals surface area contributed by atoms with Gasteiger partial charge < -0.3 is 4.74 Å². The molecule has 0 bridgehead atoms. The van der Waals surface area contributed by atoms with Crippen LogP contribution >= 0.6 is 0 Å². The first-order valence-corrected chi connectivity index (χ1v) is 10.3. The van der Waals surface area contributed by atoms with Crippen LogP contribution in [-0.4, -0.2) is 43.7 Å². The third kappa shape index (κ3) is 4.12. The second kappa shape index (κ2) is 7.84. The topological polar surface area (TPSA) is 80.8 Å². The Hall–Kier alpha value is -1.80. The average molecular weight is 383 g/mol. The van der Waals surface area contributed by atoms with E-state index < -0.39 is 33.8 Å². The van der Waals surface area contributed by atoms with Gasteiger partial charge in [0, 0.05) is 19.5 Å². The lowest BCUT2D eigenvalue weighted by molar-refractivity contribution is -0.161. The molecule has 1 aliphatic carbocycles. The maximum absolute atomic E-state index is 13.0. The van der Waals surface area contributed by atoms with Crippen molar-refractivity contribution in [3.05, 3.63) is 30.1 Å². The number of carbonyl (C=O) groups is 2. The van der Waals surface area contributed by atoms with Gasteiger partial charge in [-0.05, 0) is 56.4 Å². The number of hydrogen-bond donors (Lipinski definition) is 0. The SMILES string of the molecule is O=C(OC1CCCCC1=O)C1CCN(S(=O)(=O)c2ccc(F)cc2)CC1. The lowest BCUT2D eigenvalue weighted by Gasteiger charge is -2.31. The zero-order valence-corrected chi connectivity index (χ0v) is 15.2. The number of halogens is 1.